The van der Waals surface area contributed by atoms with Gasteiger partial charge in [-0.1, -0.05) is 31.6 Å². The van der Waals surface area contributed by atoms with E-state index in [1.807, 2.05) is 30.2 Å². The quantitative estimate of drug-likeness (QED) is 0.679. The second-order valence-corrected chi connectivity index (χ2v) is 3.27. The molecule has 2 rings (SSSR count). The number of benzene rings is 1. The normalized spacial score (nSPS) is 13.9. The van der Waals surface area contributed by atoms with Gasteiger partial charge < -0.3 is 9.31 Å². The number of fused-ring (bicyclic) bond motifs is 1. The van der Waals surface area contributed by atoms with Crippen molar-refractivity contribution in [1.82, 2.24) is 0 Å². The molecule has 0 N–H and O–H groups in total. The van der Waals surface area contributed by atoms with E-state index in [4.69, 9.17) is 9.31 Å². The summed E-state index contributed by atoms with van der Waals surface area (Å²) >= 11 is 0. The maximum atomic E-state index is 5.54. The Morgan fingerprint density at radius 3 is 2.43 bits per heavy atom. The number of allylic oxidation sites excluding steroid dienone is 1. The molecule has 0 amide bonds. The van der Waals surface area contributed by atoms with Crippen LogP contribution in [0, 0.1) is 0 Å². The summed E-state index contributed by atoms with van der Waals surface area (Å²) in [6.45, 7) is 2.15. The minimum absolute atomic E-state index is 0.237. The van der Waals surface area contributed by atoms with Gasteiger partial charge in [0.25, 0.3) is 0 Å². The van der Waals surface area contributed by atoms with Crippen molar-refractivity contribution in [3.63, 3.8) is 0 Å². The minimum atomic E-state index is -0.237. The maximum Gasteiger partial charge on any atom is 0.624 e. The van der Waals surface area contributed by atoms with Crippen LogP contribution in [-0.4, -0.2) is 7.12 Å². The van der Waals surface area contributed by atoms with Gasteiger partial charge in [0.15, 0.2) is 0 Å². The third kappa shape index (κ3) is 1.92. The fourth-order valence-electron chi connectivity index (χ4n) is 1.37. The lowest BCUT2D eigenvalue weighted by Crippen LogP contribution is -2.21. The van der Waals surface area contributed by atoms with Crippen LogP contribution in [0.1, 0.15) is 19.8 Å². The highest BCUT2D eigenvalue weighted by atomic mass is 16.6. The summed E-state index contributed by atoms with van der Waals surface area (Å²) in [5.41, 5.74) is 0. The van der Waals surface area contributed by atoms with Crippen molar-refractivity contribution in [1.29, 1.82) is 0 Å². The highest BCUT2D eigenvalue weighted by molar-refractivity contribution is 6.53. The molecule has 0 radical (unpaired) electrons. The van der Waals surface area contributed by atoms with Gasteiger partial charge in [-0.3, -0.25) is 0 Å². The van der Waals surface area contributed by atoms with E-state index >= 15 is 0 Å². The van der Waals surface area contributed by atoms with Gasteiger partial charge in [-0.2, -0.15) is 0 Å². The number of para-hydroxylation sites is 2. The molecule has 1 aromatic rings. The molecule has 0 bridgehead atoms. The summed E-state index contributed by atoms with van der Waals surface area (Å²) < 4.78 is 11.1. The monoisotopic (exact) mass is 188 g/mol. The van der Waals surface area contributed by atoms with E-state index in [-0.39, 0.29) is 7.12 Å². The molecule has 0 spiro atoms. The zero-order valence-corrected chi connectivity index (χ0v) is 8.27. The molecule has 0 saturated heterocycles. The molecule has 1 aromatic carbocycles. The molecule has 0 atom stereocenters. The van der Waals surface area contributed by atoms with Crippen molar-refractivity contribution in [2.75, 3.05) is 0 Å². The minimum Gasteiger partial charge on any atom is -0.520 e. The van der Waals surface area contributed by atoms with Gasteiger partial charge in [0.2, 0.25) is 0 Å². The first kappa shape index (κ1) is 9.19. The zero-order chi connectivity index (χ0) is 9.80. The first-order chi connectivity index (χ1) is 6.90. The van der Waals surface area contributed by atoms with Crippen LogP contribution in [0.5, 0.6) is 11.5 Å². The summed E-state index contributed by atoms with van der Waals surface area (Å²) in [4.78, 5) is 0. The van der Waals surface area contributed by atoms with Crippen LogP contribution < -0.4 is 9.31 Å². The van der Waals surface area contributed by atoms with Gasteiger partial charge >= 0.3 is 7.12 Å². The van der Waals surface area contributed by atoms with Crippen molar-refractivity contribution in [2.24, 2.45) is 0 Å². The maximum absolute atomic E-state index is 5.54. The Labute approximate surface area is 84.7 Å². The molecule has 2 nitrogen and oxygen atoms in total. The molecular weight excluding hydrogens is 175 g/mol. The number of hydrogen-bond acceptors (Lipinski definition) is 2. The van der Waals surface area contributed by atoms with Crippen LogP contribution in [0.25, 0.3) is 0 Å². The van der Waals surface area contributed by atoms with E-state index in [2.05, 4.69) is 13.0 Å². The van der Waals surface area contributed by atoms with Crippen LogP contribution in [0.4, 0.5) is 0 Å². The highest BCUT2D eigenvalue weighted by Crippen LogP contribution is 2.32. The summed E-state index contributed by atoms with van der Waals surface area (Å²) in [5.74, 6) is 3.63. The van der Waals surface area contributed by atoms with Gasteiger partial charge in [-0.05, 0) is 24.5 Å². The fourth-order valence-corrected chi connectivity index (χ4v) is 1.37. The molecule has 0 aromatic heterocycles. The Hall–Kier alpha value is -1.38. The second-order valence-electron chi connectivity index (χ2n) is 3.27. The molecular formula is C11H13BO2. The summed E-state index contributed by atoms with van der Waals surface area (Å²) in [6.07, 6.45) is 4.31. The molecule has 0 saturated carbocycles. The van der Waals surface area contributed by atoms with Gasteiger partial charge in [0.05, 0.1) is 0 Å². The average Bonchev–Trinajstić information content (AvgIpc) is 2.60. The number of unbranched alkanes of at least 4 members (excludes halogenated alkanes) is 1. The van der Waals surface area contributed by atoms with Crippen molar-refractivity contribution in [3.05, 3.63) is 36.3 Å². The van der Waals surface area contributed by atoms with Crippen LogP contribution >= 0.6 is 0 Å². The molecule has 72 valence electrons. The van der Waals surface area contributed by atoms with Gasteiger partial charge in [0, 0.05) is 0 Å². The Kier molecular flexibility index (Phi) is 2.77. The SMILES string of the molecule is CCCC=CB1Oc2ccccc2O1. The third-order valence-corrected chi connectivity index (χ3v) is 2.08. The molecule has 0 aliphatic carbocycles. The smallest absolute Gasteiger partial charge is 0.520 e. The summed E-state index contributed by atoms with van der Waals surface area (Å²) in [6, 6.07) is 7.73. The molecule has 14 heavy (non-hydrogen) atoms. The average molecular weight is 188 g/mol. The standard InChI is InChI=1S/C11H13BO2/c1-2-3-6-9-12-13-10-7-4-5-8-11(10)14-12/h4-9H,2-3H2,1H3. The molecule has 1 aliphatic heterocycles. The fraction of sp³-hybridized carbons (Fsp3) is 0.273. The van der Waals surface area contributed by atoms with Crippen LogP contribution in [0.15, 0.2) is 36.3 Å². The topological polar surface area (TPSA) is 18.5 Å². The van der Waals surface area contributed by atoms with Crippen molar-refractivity contribution in [3.8, 4) is 11.5 Å². The van der Waals surface area contributed by atoms with Crippen LogP contribution in [-0.2, 0) is 0 Å². The van der Waals surface area contributed by atoms with Crippen molar-refractivity contribution >= 4 is 7.12 Å². The molecule has 1 aliphatic rings. The molecule has 0 unspecified atom stereocenters. The Bertz CT molecular complexity index is 311. The van der Waals surface area contributed by atoms with E-state index in [9.17, 15) is 0 Å². The molecule has 1 heterocycles. The van der Waals surface area contributed by atoms with E-state index in [0.29, 0.717) is 0 Å². The molecule has 0 fully saturated rings. The molecule has 3 heteroatoms. The van der Waals surface area contributed by atoms with E-state index < -0.39 is 0 Å². The predicted molar refractivity (Wildman–Crippen MR) is 57.5 cm³/mol. The number of hydrogen-bond donors (Lipinski definition) is 0. The Morgan fingerprint density at radius 2 is 1.86 bits per heavy atom. The van der Waals surface area contributed by atoms with E-state index in [1.165, 1.54) is 0 Å². The van der Waals surface area contributed by atoms with Gasteiger partial charge in [0.1, 0.15) is 11.5 Å². The Morgan fingerprint density at radius 1 is 1.21 bits per heavy atom. The lowest BCUT2D eigenvalue weighted by atomic mass is 9.90. The summed E-state index contributed by atoms with van der Waals surface area (Å²) in [5, 5.41) is 0. The van der Waals surface area contributed by atoms with Crippen molar-refractivity contribution in [2.45, 2.75) is 19.8 Å². The predicted octanol–water partition coefficient (Wildman–Crippen LogP) is 2.84. The van der Waals surface area contributed by atoms with E-state index in [1.54, 1.807) is 0 Å². The lowest BCUT2D eigenvalue weighted by Gasteiger charge is -1.96. The van der Waals surface area contributed by atoms with E-state index in [0.717, 1.165) is 24.3 Å². The highest BCUT2D eigenvalue weighted by Gasteiger charge is 2.28. The zero-order valence-electron chi connectivity index (χ0n) is 8.27. The lowest BCUT2D eigenvalue weighted by molar-refractivity contribution is 0.517. The van der Waals surface area contributed by atoms with Gasteiger partial charge in [-0.15, -0.1) is 0 Å². The van der Waals surface area contributed by atoms with Gasteiger partial charge in [-0.25, -0.2) is 0 Å². The second kappa shape index (κ2) is 4.22. The van der Waals surface area contributed by atoms with Crippen molar-refractivity contribution < 1.29 is 9.31 Å². The number of rotatable bonds is 3. The first-order valence-corrected chi connectivity index (χ1v) is 4.99. The van der Waals surface area contributed by atoms with Crippen LogP contribution in [0.3, 0.4) is 0 Å². The van der Waals surface area contributed by atoms with Crippen LogP contribution in [0.2, 0.25) is 0 Å². The Balaban J connectivity index is 1.98. The first-order valence-electron chi connectivity index (χ1n) is 4.99. The third-order valence-electron chi connectivity index (χ3n) is 2.08. The largest absolute Gasteiger partial charge is 0.624 e. The summed E-state index contributed by atoms with van der Waals surface area (Å²) in [7, 11) is -0.237.